The maximum Gasteiger partial charge on any atom is 0.273 e. The standard InChI is InChI=1S/C15H19N3O4S/c1-11-4-7-14(10-15(11)18(19)20)23(21,22)17(9-3-8-16)12(2)13-5-6-13/h4,7,10,12-13H,3,5-6,9H2,1-2H3. The van der Waals surface area contributed by atoms with E-state index in [1.54, 1.807) is 6.92 Å². The van der Waals surface area contributed by atoms with Crippen molar-refractivity contribution in [2.75, 3.05) is 6.54 Å². The molecule has 0 radical (unpaired) electrons. The third-order valence-electron chi connectivity index (χ3n) is 4.19. The molecule has 0 saturated heterocycles. The van der Waals surface area contributed by atoms with E-state index in [1.165, 1.54) is 16.4 Å². The summed E-state index contributed by atoms with van der Waals surface area (Å²) in [5.74, 6) is 0.295. The van der Waals surface area contributed by atoms with E-state index >= 15 is 0 Å². The van der Waals surface area contributed by atoms with Crippen LogP contribution >= 0.6 is 0 Å². The van der Waals surface area contributed by atoms with Crippen LogP contribution in [0.2, 0.25) is 0 Å². The van der Waals surface area contributed by atoms with E-state index in [2.05, 4.69) is 0 Å². The number of nitro benzene ring substituents is 1. The van der Waals surface area contributed by atoms with E-state index < -0.39 is 14.9 Å². The minimum atomic E-state index is -3.87. The Morgan fingerprint density at radius 2 is 2.13 bits per heavy atom. The normalized spacial score (nSPS) is 16.1. The van der Waals surface area contributed by atoms with Gasteiger partial charge in [0.15, 0.2) is 0 Å². The van der Waals surface area contributed by atoms with Crippen LogP contribution < -0.4 is 0 Å². The van der Waals surface area contributed by atoms with Crippen LogP contribution in [0.4, 0.5) is 5.69 Å². The molecule has 124 valence electrons. The Morgan fingerprint density at radius 3 is 2.65 bits per heavy atom. The zero-order chi connectivity index (χ0) is 17.2. The Bertz CT molecular complexity index is 750. The number of benzene rings is 1. The van der Waals surface area contributed by atoms with Crippen LogP contribution in [0.15, 0.2) is 23.1 Å². The molecule has 23 heavy (non-hydrogen) atoms. The summed E-state index contributed by atoms with van der Waals surface area (Å²) in [6.45, 7) is 3.49. The van der Waals surface area contributed by atoms with Crippen LogP contribution in [-0.2, 0) is 10.0 Å². The van der Waals surface area contributed by atoms with Crippen LogP contribution in [0.1, 0.15) is 31.7 Å². The Labute approximate surface area is 135 Å². The van der Waals surface area contributed by atoms with Crippen molar-refractivity contribution in [2.45, 2.75) is 44.0 Å². The molecular weight excluding hydrogens is 318 g/mol. The van der Waals surface area contributed by atoms with Crippen molar-refractivity contribution in [2.24, 2.45) is 5.92 Å². The lowest BCUT2D eigenvalue weighted by Crippen LogP contribution is -2.40. The van der Waals surface area contributed by atoms with Crippen LogP contribution in [-0.4, -0.2) is 30.2 Å². The van der Waals surface area contributed by atoms with E-state index in [1.807, 2.05) is 13.0 Å². The molecule has 0 aromatic heterocycles. The van der Waals surface area contributed by atoms with Gasteiger partial charge in [0.1, 0.15) is 0 Å². The van der Waals surface area contributed by atoms with Gasteiger partial charge in [-0.15, -0.1) is 0 Å². The first-order chi connectivity index (χ1) is 10.8. The van der Waals surface area contributed by atoms with Crippen molar-refractivity contribution in [3.05, 3.63) is 33.9 Å². The van der Waals surface area contributed by atoms with Crippen molar-refractivity contribution in [3.8, 4) is 6.07 Å². The molecule has 1 unspecified atom stereocenters. The third-order valence-corrected chi connectivity index (χ3v) is 6.17. The maximum atomic E-state index is 12.9. The van der Waals surface area contributed by atoms with Gasteiger partial charge in [-0.2, -0.15) is 9.57 Å². The molecule has 0 heterocycles. The van der Waals surface area contributed by atoms with Crippen molar-refractivity contribution >= 4 is 15.7 Å². The highest BCUT2D eigenvalue weighted by Crippen LogP contribution is 2.37. The van der Waals surface area contributed by atoms with Gasteiger partial charge >= 0.3 is 0 Å². The van der Waals surface area contributed by atoms with Gasteiger partial charge in [-0.05, 0) is 38.7 Å². The van der Waals surface area contributed by atoms with Gasteiger partial charge in [-0.25, -0.2) is 8.42 Å². The molecule has 0 amide bonds. The Hall–Kier alpha value is -1.98. The maximum absolute atomic E-state index is 12.9. The van der Waals surface area contributed by atoms with E-state index in [4.69, 9.17) is 5.26 Å². The molecule has 8 heteroatoms. The molecular formula is C15H19N3O4S. The molecule has 1 saturated carbocycles. The van der Waals surface area contributed by atoms with Crippen molar-refractivity contribution in [1.82, 2.24) is 4.31 Å². The molecule has 1 aromatic carbocycles. The molecule has 0 bridgehead atoms. The van der Waals surface area contributed by atoms with Gasteiger partial charge in [0, 0.05) is 30.6 Å². The Balaban J connectivity index is 2.42. The number of hydrogen-bond donors (Lipinski definition) is 0. The molecule has 0 spiro atoms. The number of rotatable bonds is 7. The highest BCUT2D eigenvalue weighted by atomic mass is 32.2. The lowest BCUT2D eigenvalue weighted by Gasteiger charge is -2.27. The molecule has 1 aliphatic carbocycles. The first-order valence-electron chi connectivity index (χ1n) is 7.43. The molecule has 2 rings (SSSR count). The molecule has 0 aliphatic heterocycles. The quantitative estimate of drug-likeness (QED) is 0.562. The minimum Gasteiger partial charge on any atom is -0.258 e. The zero-order valence-electron chi connectivity index (χ0n) is 13.1. The third kappa shape index (κ3) is 3.68. The van der Waals surface area contributed by atoms with Crippen molar-refractivity contribution in [1.29, 1.82) is 5.26 Å². The highest BCUT2D eigenvalue weighted by molar-refractivity contribution is 7.89. The summed E-state index contributed by atoms with van der Waals surface area (Å²) in [6.07, 6.45) is 2.02. The lowest BCUT2D eigenvalue weighted by atomic mass is 10.2. The van der Waals surface area contributed by atoms with Crippen LogP contribution in [0.3, 0.4) is 0 Å². The van der Waals surface area contributed by atoms with Gasteiger partial charge in [0.2, 0.25) is 10.0 Å². The highest BCUT2D eigenvalue weighted by Gasteiger charge is 2.38. The fourth-order valence-corrected chi connectivity index (χ4v) is 4.31. The molecule has 0 N–H and O–H groups in total. The van der Waals surface area contributed by atoms with Gasteiger partial charge in [0.25, 0.3) is 5.69 Å². The smallest absolute Gasteiger partial charge is 0.258 e. The first-order valence-corrected chi connectivity index (χ1v) is 8.87. The number of nitriles is 1. The summed E-state index contributed by atoms with van der Waals surface area (Å²) >= 11 is 0. The Kier molecular flexibility index (Phi) is 5.02. The topological polar surface area (TPSA) is 104 Å². The monoisotopic (exact) mass is 337 g/mol. The second kappa shape index (κ2) is 6.64. The summed E-state index contributed by atoms with van der Waals surface area (Å²) in [4.78, 5) is 10.4. The second-order valence-corrected chi connectivity index (χ2v) is 7.70. The fourth-order valence-electron chi connectivity index (χ4n) is 2.60. The number of nitro groups is 1. The SMILES string of the molecule is Cc1ccc(S(=O)(=O)N(CCC#N)C(C)C2CC2)cc1[N+](=O)[O-]. The number of nitrogens with zero attached hydrogens (tertiary/aromatic N) is 3. The van der Waals surface area contributed by atoms with E-state index in [9.17, 15) is 18.5 Å². The van der Waals surface area contributed by atoms with E-state index in [0.717, 1.165) is 18.9 Å². The largest absolute Gasteiger partial charge is 0.273 e. The molecule has 1 aromatic rings. The minimum absolute atomic E-state index is 0.0875. The average molecular weight is 337 g/mol. The van der Waals surface area contributed by atoms with Gasteiger partial charge in [-0.3, -0.25) is 10.1 Å². The van der Waals surface area contributed by atoms with Crippen LogP contribution in [0.5, 0.6) is 0 Å². The van der Waals surface area contributed by atoms with Gasteiger partial charge in [0.05, 0.1) is 15.9 Å². The fraction of sp³-hybridized carbons (Fsp3) is 0.533. The molecule has 1 aliphatic rings. The van der Waals surface area contributed by atoms with Crippen LogP contribution in [0, 0.1) is 34.3 Å². The van der Waals surface area contributed by atoms with E-state index in [-0.39, 0.29) is 29.6 Å². The van der Waals surface area contributed by atoms with E-state index in [0.29, 0.717) is 11.5 Å². The molecule has 1 fully saturated rings. The van der Waals surface area contributed by atoms with Crippen LogP contribution in [0.25, 0.3) is 0 Å². The summed E-state index contributed by atoms with van der Waals surface area (Å²) in [6, 6.07) is 5.67. The summed E-state index contributed by atoms with van der Waals surface area (Å²) < 4.78 is 27.1. The number of hydrogen-bond acceptors (Lipinski definition) is 5. The number of sulfonamides is 1. The van der Waals surface area contributed by atoms with Gasteiger partial charge < -0.3 is 0 Å². The summed E-state index contributed by atoms with van der Waals surface area (Å²) in [7, 11) is -3.87. The predicted octanol–water partition coefficient (Wildman–Crippen LogP) is 2.61. The van der Waals surface area contributed by atoms with Crippen molar-refractivity contribution < 1.29 is 13.3 Å². The first kappa shape index (κ1) is 17.4. The lowest BCUT2D eigenvalue weighted by molar-refractivity contribution is -0.385. The summed E-state index contributed by atoms with van der Waals surface area (Å²) in [5, 5.41) is 19.8. The molecule has 1 atom stereocenters. The van der Waals surface area contributed by atoms with Gasteiger partial charge in [-0.1, -0.05) is 6.07 Å². The Morgan fingerprint density at radius 1 is 1.48 bits per heavy atom. The number of aryl methyl sites for hydroxylation is 1. The average Bonchev–Trinajstić information content (AvgIpc) is 3.31. The summed E-state index contributed by atoms with van der Waals surface area (Å²) in [5.41, 5.74) is 0.193. The second-order valence-electron chi connectivity index (χ2n) is 5.81. The predicted molar refractivity (Wildman–Crippen MR) is 84.1 cm³/mol. The zero-order valence-corrected chi connectivity index (χ0v) is 13.9. The van der Waals surface area contributed by atoms with Crippen molar-refractivity contribution in [3.63, 3.8) is 0 Å². The molecule has 7 nitrogen and oxygen atoms in total.